The molecular formula is C24H28N4O2. The molecule has 1 saturated heterocycles. The second kappa shape index (κ2) is 8.81. The van der Waals surface area contributed by atoms with E-state index in [2.05, 4.69) is 28.9 Å². The molecule has 1 aliphatic rings. The number of carbonyl (C=O) groups excluding carboxylic acids is 1. The Morgan fingerprint density at radius 2 is 1.97 bits per heavy atom. The van der Waals surface area contributed by atoms with E-state index in [0.29, 0.717) is 31.2 Å². The zero-order valence-electron chi connectivity index (χ0n) is 17.5. The molecule has 2 aromatic carbocycles. The van der Waals surface area contributed by atoms with Crippen molar-refractivity contribution in [2.45, 2.75) is 32.5 Å². The lowest BCUT2D eigenvalue weighted by Crippen LogP contribution is -2.57. The van der Waals surface area contributed by atoms with Gasteiger partial charge in [0.25, 0.3) is 5.91 Å². The molecule has 1 amide bonds. The minimum absolute atomic E-state index is 0.0355. The molecule has 2 atom stereocenters. The van der Waals surface area contributed by atoms with Crippen LogP contribution in [0.1, 0.15) is 41.9 Å². The van der Waals surface area contributed by atoms with Crippen LogP contribution in [0.3, 0.4) is 0 Å². The number of amides is 1. The van der Waals surface area contributed by atoms with Crippen LogP contribution in [-0.4, -0.2) is 62.9 Å². The van der Waals surface area contributed by atoms with Gasteiger partial charge in [-0.1, -0.05) is 43.3 Å². The summed E-state index contributed by atoms with van der Waals surface area (Å²) >= 11 is 0. The van der Waals surface area contributed by atoms with E-state index in [1.165, 1.54) is 0 Å². The van der Waals surface area contributed by atoms with Gasteiger partial charge in [-0.3, -0.25) is 14.8 Å². The number of hydrogen-bond acceptors (Lipinski definition) is 4. The maximum atomic E-state index is 12.9. The van der Waals surface area contributed by atoms with Gasteiger partial charge in [-0.25, -0.2) is 0 Å². The first kappa shape index (κ1) is 20.3. The first-order valence-electron chi connectivity index (χ1n) is 10.5. The SMILES string of the molecule is CCC(C)N1CCN(C(=O)c2ccc(C=Cc3n[nH]c4ccccc34)cc2)CC1O. The molecule has 0 spiro atoms. The van der Waals surface area contributed by atoms with Crippen LogP contribution in [0.5, 0.6) is 0 Å². The van der Waals surface area contributed by atoms with Crippen LogP contribution in [0.25, 0.3) is 23.1 Å². The quantitative estimate of drug-likeness (QED) is 0.681. The second-order valence-electron chi connectivity index (χ2n) is 7.84. The maximum Gasteiger partial charge on any atom is 0.254 e. The third-order valence-electron chi connectivity index (χ3n) is 5.93. The summed E-state index contributed by atoms with van der Waals surface area (Å²) in [6, 6.07) is 15.9. The minimum Gasteiger partial charge on any atom is -0.376 e. The fourth-order valence-corrected chi connectivity index (χ4v) is 3.92. The fraction of sp³-hybridized carbons (Fsp3) is 0.333. The summed E-state index contributed by atoms with van der Waals surface area (Å²) in [7, 11) is 0. The molecule has 3 aromatic rings. The molecule has 1 aliphatic heterocycles. The van der Waals surface area contributed by atoms with Crippen LogP contribution in [0.2, 0.25) is 0 Å². The van der Waals surface area contributed by atoms with Crippen LogP contribution in [0.4, 0.5) is 0 Å². The predicted molar refractivity (Wildman–Crippen MR) is 120 cm³/mol. The number of fused-ring (bicyclic) bond motifs is 1. The summed E-state index contributed by atoms with van der Waals surface area (Å²) in [5.41, 5.74) is 3.54. The molecule has 0 aliphatic carbocycles. The highest BCUT2D eigenvalue weighted by atomic mass is 16.3. The first-order chi connectivity index (χ1) is 14.6. The van der Waals surface area contributed by atoms with Gasteiger partial charge in [-0.05, 0) is 43.2 Å². The smallest absolute Gasteiger partial charge is 0.254 e. The van der Waals surface area contributed by atoms with Crippen LogP contribution >= 0.6 is 0 Å². The number of rotatable bonds is 5. The highest BCUT2D eigenvalue weighted by Gasteiger charge is 2.30. The van der Waals surface area contributed by atoms with E-state index in [1.807, 2.05) is 60.7 Å². The van der Waals surface area contributed by atoms with E-state index >= 15 is 0 Å². The minimum atomic E-state index is -0.608. The zero-order chi connectivity index (χ0) is 21.1. The Hall–Kier alpha value is -2.96. The molecule has 2 heterocycles. The van der Waals surface area contributed by atoms with Crippen LogP contribution in [0, 0.1) is 0 Å². The third kappa shape index (κ3) is 4.15. The molecule has 4 rings (SSSR count). The van der Waals surface area contributed by atoms with Crippen molar-refractivity contribution in [2.75, 3.05) is 19.6 Å². The van der Waals surface area contributed by atoms with Gasteiger partial charge in [0.15, 0.2) is 0 Å². The molecule has 0 radical (unpaired) electrons. The summed E-state index contributed by atoms with van der Waals surface area (Å²) in [4.78, 5) is 16.7. The summed E-state index contributed by atoms with van der Waals surface area (Å²) in [6.07, 6.45) is 4.34. The number of H-pyrrole nitrogens is 1. The molecule has 6 nitrogen and oxygen atoms in total. The number of nitrogens with zero attached hydrogens (tertiary/aromatic N) is 3. The number of aliphatic hydroxyl groups is 1. The van der Waals surface area contributed by atoms with Crippen molar-refractivity contribution in [3.05, 3.63) is 65.4 Å². The monoisotopic (exact) mass is 404 g/mol. The normalized spacial score (nSPS) is 18.9. The predicted octanol–water partition coefficient (Wildman–Crippen LogP) is 3.61. The maximum absolute atomic E-state index is 12.9. The summed E-state index contributed by atoms with van der Waals surface area (Å²) < 4.78 is 0. The summed E-state index contributed by atoms with van der Waals surface area (Å²) in [6.45, 7) is 5.89. The number of hydrogen-bond donors (Lipinski definition) is 2. The number of aromatic nitrogens is 2. The van der Waals surface area contributed by atoms with E-state index in [9.17, 15) is 9.90 Å². The summed E-state index contributed by atoms with van der Waals surface area (Å²) in [5, 5.41) is 18.9. The number of benzene rings is 2. The Morgan fingerprint density at radius 3 is 2.70 bits per heavy atom. The average molecular weight is 405 g/mol. The van der Waals surface area contributed by atoms with Crippen molar-refractivity contribution >= 4 is 29.0 Å². The van der Waals surface area contributed by atoms with Gasteiger partial charge in [-0.2, -0.15) is 5.10 Å². The van der Waals surface area contributed by atoms with E-state index in [1.54, 1.807) is 4.90 Å². The number of aliphatic hydroxyl groups excluding tert-OH is 1. The number of β-amino-alcohol motifs (C(OH)–C–C–N with tert-alkyl or cyclic N) is 1. The van der Waals surface area contributed by atoms with Crippen LogP contribution in [0.15, 0.2) is 48.5 Å². The molecule has 156 valence electrons. The van der Waals surface area contributed by atoms with E-state index in [0.717, 1.165) is 28.6 Å². The van der Waals surface area contributed by atoms with Gasteiger partial charge in [-0.15, -0.1) is 0 Å². The highest BCUT2D eigenvalue weighted by Crippen LogP contribution is 2.19. The van der Waals surface area contributed by atoms with Crippen molar-refractivity contribution in [2.24, 2.45) is 0 Å². The Labute approximate surface area is 176 Å². The molecule has 2 unspecified atom stereocenters. The number of aromatic amines is 1. The molecule has 1 aromatic heterocycles. The molecular weight excluding hydrogens is 376 g/mol. The molecule has 1 fully saturated rings. The largest absolute Gasteiger partial charge is 0.376 e. The third-order valence-corrected chi connectivity index (χ3v) is 5.93. The molecule has 30 heavy (non-hydrogen) atoms. The Kier molecular flexibility index (Phi) is 5.97. The average Bonchev–Trinajstić information content (AvgIpc) is 3.20. The molecule has 0 bridgehead atoms. The number of para-hydroxylation sites is 1. The van der Waals surface area contributed by atoms with E-state index < -0.39 is 6.23 Å². The zero-order valence-corrected chi connectivity index (χ0v) is 17.5. The van der Waals surface area contributed by atoms with Gasteiger partial charge < -0.3 is 10.0 Å². The van der Waals surface area contributed by atoms with Crippen molar-refractivity contribution in [1.82, 2.24) is 20.0 Å². The van der Waals surface area contributed by atoms with E-state index in [4.69, 9.17) is 0 Å². The topological polar surface area (TPSA) is 72.5 Å². The second-order valence-corrected chi connectivity index (χ2v) is 7.84. The lowest BCUT2D eigenvalue weighted by Gasteiger charge is -2.41. The van der Waals surface area contributed by atoms with Crippen molar-refractivity contribution in [3.63, 3.8) is 0 Å². The fourth-order valence-electron chi connectivity index (χ4n) is 3.92. The van der Waals surface area contributed by atoms with Crippen molar-refractivity contribution in [1.29, 1.82) is 0 Å². The number of carbonyl (C=O) groups is 1. The van der Waals surface area contributed by atoms with Crippen molar-refractivity contribution in [3.8, 4) is 0 Å². The van der Waals surface area contributed by atoms with Gasteiger partial charge in [0.1, 0.15) is 6.23 Å². The number of piperazine rings is 1. The van der Waals surface area contributed by atoms with Gasteiger partial charge in [0.2, 0.25) is 0 Å². The Bertz CT molecular complexity index is 1040. The number of nitrogens with one attached hydrogen (secondary N) is 1. The molecule has 6 heteroatoms. The van der Waals surface area contributed by atoms with Gasteiger partial charge >= 0.3 is 0 Å². The van der Waals surface area contributed by atoms with Gasteiger partial charge in [0, 0.05) is 30.1 Å². The van der Waals surface area contributed by atoms with Crippen LogP contribution < -0.4 is 0 Å². The standard InChI is InChI=1S/C24H28N4O2/c1-3-17(2)28-15-14-27(16-23(28)29)24(30)19-11-8-18(9-12-19)10-13-22-20-6-4-5-7-21(20)25-26-22/h4-13,17,23,29H,3,14-16H2,1-2H3,(H,25,26). The van der Waals surface area contributed by atoms with Crippen LogP contribution in [-0.2, 0) is 0 Å². The van der Waals surface area contributed by atoms with Crippen molar-refractivity contribution < 1.29 is 9.90 Å². The first-order valence-corrected chi connectivity index (χ1v) is 10.5. The molecule has 2 N–H and O–H groups in total. The van der Waals surface area contributed by atoms with Gasteiger partial charge in [0.05, 0.1) is 17.8 Å². The highest BCUT2D eigenvalue weighted by molar-refractivity contribution is 5.95. The lowest BCUT2D eigenvalue weighted by atomic mass is 10.1. The Balaban J connectivity index is 1.41. The lowest BCUT2D eigenvalue weighted by molar-refractivity contribution is -0.0672. The summed E-state index contributed by atoms with van der Waals surface area (Å²) in [5.74, 6) is -0.0355. The Morgan fingerprint density at radius 1 is 1.20 bits per heavy atom. The molecule has 0 saturated carbocycles. The van der Waals surface area contributed by atoms with E-state index in [-0.39, 0.29) is 5.91 Å².